The largest absolute Gasteiger partial charge is 0.484 e. The molecule has 0 unspecified atom stereocenters. The molecule has 0 spiro atoms. The van der Waals surface area contributed by atoms with Gasteiger partial charge in [-0.2, -0.15) is 0 Å². The number of carbonyl (C=O) groups is 2. The highest BCUT2D eigenvalue weighted by atomic mass is 79.9. The Hall–Kier alpha value is -1.60. The quantitative estimate of drug-likeness (QED) is 0.893. The van der Waals surface area contributed by atoms with E-state index in [-0.39, 0.29) is 18.1 Å². The lowest BCUT2D eigenvalue weighted by atomic mass is 10.2. The van der Waals surface area contributed by atoms with E-state index in [2.05, 4.69) is 15.9 Å². The van der Waals surface area contributed by atoms with E-state index in [1.807, 2.05) is 0 Å². The van der Waals surface area contributed by atoms with E-state index in [0.717, 1.165) is 0 Å². The lowest BCUT2D eigenvalue weighted by Gasteiger charge is -2.26. The Balaban J connectivity index is 1.95. The fourth-order valence-corrected chi connectivity index (χ4v) is 2.22. The molecule has 1 aromatic rings. The van der Waals surface area contributed by atoms with Gasteiger partial charge < -0.3 is 19.5 Å². The van der Waals surface area contributed by atoms with E-state index < -0.39 is 5.97 Å². The first-order valence-corrected chi connectivity index (χ1v) is 6.88. The Labute approximate surface area is 124 Å². The normalized spacial score (nSPS) is 14.9. The molecule has 7 heteroatoms. The number of halogens is 1. The molecule has 1 heterocycles. The second-order valence-corrected chi connectivity index (χ2v) is 5.08. The zero-order valence-corrected chi connectivity index (χ0v) is 12.3. The number of rotatable bonds is 4. The number of aromatic carboxylic acids is 1. The van der Waals surface area contributed by atoms with Crippen molar-refractivity contribution in [2.24, 2.45) is 0 Å². The molecule has 1 amide bonds. The third-order valence-electron chi connectivity index (χ3n) is 2.89. The molecule has 0 radical (unpaired) electrons. The van der Waals surface area contributed by atoms with Crippen molar-refractivity contribution in [3.05, 3.63) is 28.2 Å². The third-order valence-corrected chi connectivity index (χ3v) is 3.59. The summed E-state index contributed by atoms with van der Waals surface area (Å²) >= 11 is 3.15. The first-order valence-electron chi connectivity index (χ1n) is 6.09. The molecule has 1 aromatic carbocycles. The number of carbonyl (C=O) groups excluding carboxylic acids is 1. The maximum atomic E-state index is 11.9. The molecule has 6 nitrogen and oxygen atoms in total. The van der Waals surface area contributed by atoms with E-state index in [1.54, 1.807) is 17.0 Å². The van der Waals surface area contributed by atoms with Gasteiger partial charge in [-0.1, -0.05) is 0 Å². The van der Waals surface area contributed by atoms with Crippen LogP contribution in [0.3, 0.4) is 0 Å². The summed E-state index contributed by atoms with van der Waals surface area (Å²) in [7, 11) is 0. The number of ether oxygens (including phenoxy) is 2. The average Bonchev–Trinajstić information content (AvgIpc) is 2.46. The Morgan fingerprint density at radius 1 is 1.35 bits per heavy atom. The summed E-state index contributed by atoms with van der Waals surface area (Å²) in [5.74, 6) is -0.831. The number of hydrogen-bond donors (Lipinski definition) is 1. The smallest absolute Gasteiger partial charge is 0.336 e. The van der Waals surface area contributed by atoms with Crippen LogP contribution in [0.1, 0.15) is 10.4 Å². The van der Waals surface area contributed by atoms with Gasteiger partial charge in [0, 0.05) is 17.6 Å². The van der Waals surface area contributed by atoms with Gasteiger partial charge in [0.05, 0.1) is 18.8 Å². The van der Waals surface area contributed by atoms with Crippen molar-refractivity contribution in [1.82, 2.24) is 4.90 Å². The fourth-order valence-electron chi connectivity index (χ4n) is 1.81. The summed E-state index contributed by atoms with van der Waals surface area (Å²) in [4.78, 5) is 24.5. The lowest BCUT2D eigenvalue weighted by molar-refractivity contribution is -0.137. The molecular formula is C13H14BrNO5. The minimum Gasteiger partial charge on any atom is -0.484 e. The molecule has 1 N–H and O–H groups in total. The SMILES string of the molecule is O=C(O)c1cc(OCC(=O)N2CCOCC2)ccc1Br. The van der Waals surface area contributed by atoms with E-state index in [1.165, 1.54) is 6.07 Å². The average molecular weight is 344 g/mol. The Kier molecular flexibility index (Phi) is 4.97. The minimum atomic E-state index is -1.05. The summed E-state index contributed by atoms with van der Waals surface area (Å²) in [5.41, 5.74) is 0.0984. The molecular weight excluding hydrogens is 330 g/mol. The second kappa shape index (κ2) is 6.71. The first kappa shape index (κ1) is 14.8. The van der Waals surface area contributed by atoms with Crippen LogP contribution in [0.15, 0.2) is 22.7 Å². The van der Waals surface area contributed by atoms with Gasteiger partial charge in [0.2, 0.25) is 0 Å². The van der Waals surface area contributed by atoms with Crippen LogP contribution in [0.25, 0.3) is 0 Å². The van der Waals surface area contributed by atoms with E-state index >= 15 is 0 Å². The van der Waals surface area contributed by atoms with Crippen LogP contribution in [0, 0.1) is 0 Å². The van der Waals surface area contributed by atoms with Gasteiger partial charge in [0.1, 0.15) is 5.75 Å². The van der Waals surface area contributed by atoms with Crippen molar-refractivity contribution in [1.29, 1.82) is 0 Å². The maximum Gasteiger partial charge on any atom is 0.336 e. The summed E-state index contributed by atoms with van der Waals surface area (Å²) in [6, 6.07) is 4.58. The summed E-state index contributed by atoms with van der Waals surface area (Å²) in [5, 5.41) is 9.00. The predicted molar refractivity (Wildman–Crippen MR) is 74.0 cm³/mol. The zero-order chi connectivity index (χ0) is 14.5. The fraction of sp³-hybridized carbons (Fsp3) is 0.385. The van der Waals surface area contributed by atoms with Crippen molar-refractivity contribution in [2.75, 3.05) is 32.9 Å². The van der Waals surface area contributed by atoms with Gasteiger partial charge in [-0.25, -0.2) is 4.79 Å². The highest BCUT2D eigenvalue weighted by Gasteiger charge is 2.17. The molecule has 1 saturated heterocycles. The highest BCUT2D eigenvalue weighted by Crippen LogP contribution is 2.22. The molecule has 108 valence electrons. The van der Waals surface area contributed by atoms with Crippen LogP contribution in [0.2, 0.25) is 0 Å². The van der Waals surface area contributed by atoms with Crippen molar-refractivity contribution >= 4 is 27.8 Å². The molecule has 0 saturated carbocycles. The molecule has 2 rings (SSSR count). The number of hydrogen-bond acceptors (Lipinski definition) is 4. The third kappa shape index (κ3) is 3.71. The van der Waals surface area contributed by atoms with Crippen LogP contribution in [-0.2, 0) is 9.53 Å². The number of carboxylic acid groups (broad SMARTS) is 1. The topological polar surface area (TPSA) is 76.1 Å². The molecule has 0 atom stereocenters. The van der Waals surface area contributed by atoms with Crippen molar-refractivity contribution in [3.63, 3.8) is 0 Å². The molecule has 1 aliphatic rings. The monoisotopic (exact) mass is 343 g/mol. The first-order chi connectivity index (χ1) is 9.58. The van der Waals surface area contributed by atoms with E-state index in [4.69, 9.17) is 14.6 Å². The van der Waals surface area contributed by atoms with Crippen LogP contribution < -0.4 is 4.74 Å². The number of benzene rings is 1. The second-order valence-electron chi connectivity index (χ2n) is 4.23. The summed E-state index contributed by atoms with van der Waals surface area (Å²) < 4.78 is 11.0. The van der Waals surface area contributed by atoms with Gasteiger partial charge >= 0.3 is 5.97 Å². The van der Waals surface area contributed by atoms with Gasteiger partial charge in [0.25, 0.3) is 5.91 Å². The van der Waals surface area contributed by atoms with Crippen LogP contribution in [0.4, 0.5) is 0 Å². The van der Waals surface area contributed by atoms with Gasteiger partial charge in [0.15, 0.2) is 6.61 Å². The number of amides is 1. The van der Waals surface area contributed by atoms with Gasteiger partial charge in [-0.05, 0) is 34.1 Å². The maximum absolute atomic E-state index is 11.9. The zero-order valence-electron chi connectivity index (χ0n) is 10.7. The summed E-state index contributed by atoms with van der Waals surface area (Å²) in [6.07, 6.45) is 0. The number of carboxylic acids is 1. The van der Waals surface area contributed by atoms with Crippen LogP contribution in [0.5, 0.6) is 5.75 Å². The number of morpholine rings is 1. The number of nitrogens with zero attached hydrogens (tertiary/aromatic N) is 1. The Bertz CT molecular complexity index is 513. The lowest BCUT2D eigenvalue weighted by Crippen LogP contribution is -2.42. The van der Waals surface area contributed by atoms with E-state index in [0.29, 0.717) is 36.5 Å². The van der Waals surface area contributed by atoms with E-state index in [9.17, 15) is 9.59 Å². The molecule has 1 aliphatic heterocycles. The Morgan fingerprint density at radius 3 is 2.70 bits per heavy atom. The Morgan fingerprint density at radius 2 is 2.05 bits per heavy atom. The molecule has 0 aliphatic carbocycles. The predicted octanol–water partition coefficient (Wildman–Crippen LogP) is 1.38. The van der Waals surface area contributed by atoms with Crippen LogP contribution in [-0.4, -0.2) is 54.8 Å². The standard InChI is InChI=1S/C13H14BrNO5/c14-11-2-1-9(7-10(11)13(17)18)20-8-12(16)15-3-5-19-6-4-15/h1-2,7H,3-6,8H2,(H,17,18). The van der Waals surface area contributed by atoms with Crippen molar-refractivity contribution in [2.45, 2.75) is 0 Å². The molecule has 0 bridgehead atoms. The molecule has 0 aromatic heterocycles. The van der Waals surface area contributed by atoms with Gasteiger partial charge in [-0.15, -0.1) is 0 Å². The molecule has 1 fully saturated rings. The molecule has 20 heavy (non-hydrogen) atoms. The van der Waals surface area contributed by atoms with Crippen LogP contribution >= 0.6 is 15.9 Å². The van der Waals surface area contributed by atoms with Gasteiger partial charge in [-0.3, -0.25) is 4.79 Å². The minimum absolute atomic E-state index is 0.0984. The van der Waals surface area contributed by atoms with Crippen molar-refractivity contribution in [3.8, 4) is 5.75 Å². The highest BCUT2D eigenvalue weighted by molar-refractivity contribution is 9.10. The van der Waals surface area contributed by atoms with Crippen molar-refractivity contribution < 1.29 is 24.2 Å². The summed E-state index contributed by atoms with van der Waals surface area (Å²) in [6.45, 7) is 2.08.